The van der Waals surface area contributed by atoms with E-state index in [0.717, 1.165) is 30.3 Å². The summed E-state index contributed by atoms with van der Waals surface area (Å²) in [6.07, 6.45) is 3.38. The summed E-state index contributed by atoms with van der Waals surface area (Å²) in [5, 5.41) is 11.9. The molecule has 0 spiro atoms. The number of nitrogens with zero attached hydrogens (tertiary/aromatic N) is 3. The van der Waals surface area contributed by atoms with E-state index in [0.29, 0.717) is 51.1 Å². The molecule has 0 radical (unpaired) electrons. The van der Waals surface area contributed by atoms with Crippen LogP contribution in [0, 0.1) is 5.41 Å². The molecule has 220 valence electrons. The van der Waals surface area contributed by atoms with Crippen LogP contribution in [0.2, 0.25) is 0 Å². The lowest BCUT2D eigenvalue weighted by atomic mass is 9.80. The number of imidazole rings is 1. The molecule has 3 unspecified atom stereocenters. The molecular formula is C29H42N4O7. The van der Waals surface area contributed by atoms with Gasteiger partial charge in [0.05, 0.1) is 17.1 Å². The number of nitrogens with one attached hydrogen (secondary N) is 1. The molecule has 3 atom stereocenters. The molecule has 2 aliphatic heterocycles. The molecular weight excluding hydrogens is 516 g/mol. The predicted octanol–water partition coefficient (Wildman–Crippen LogP) is 3.23. The zero-order chi connectivity index (χ0) is 29.0. The second-order valence-electron chi connectivity index (χ2n) is 11.9. The maximum Gasteiger partial charge on any atom is 0.407 e. The fourth-order valence-corrected chi connectivity index (χ4v) is 5.96. The van der Waals surface area contributed by atoms with Crippen molar-refractivity contribution in [1.82, 2.24) is 19.4 Å². The molecule has 11 heteroatoms. The van der Waals surface area contributed by atoms with Crippen LogP contribution >= 0.6 is 0 Å². The summed E-state index contributed by atoms with van der Waals surface area (Å²) >= 11 is 0. The number of rotatable bonds is 10. The molecule has 2 fully saturated rings. The number of fused-ring (bicyclic) bond motifs is 1. The lowest BCUT2D eigenvalue weighted by Gasteiger charge is -2.44. The van der Waals surface area contributed by atoms with Crippen LogP contribution in [0.1, 0.15) is 70.9 Å². The van der Waals surface area contributed by atoms with Crippen molar-refractivity contribution in [2.75, 3.05) is 26.4 Å². The van der Waals surface area contributed by atoms with Gasteiger partial charge < -0.3 is 19.5 Å². The number of carbonyl (C=O) groups excluding carboxylic acids is 2. The Hall–Kier alpha value is -3.18. The Balaban J connectivity index is 1.23. The number of aryl methyl sites for hydroxylation is 2. The van der Waals surface area contributed by atoms with Crippen LogP contribution < -0.4 is 11.0 Å². The molecule has 0 saturated carbocycles. The third-order valence-electron chi connectivity index (χ3n) is 8.03. The van der Waals surface area contributed by atoms with Crippen molar-refractivity contribution in [3.63, 3.8) is 0 Å². The first-order valence-corrected chi connectivity index (χ1v) is 14.2. The van der Waals surface area contributed by atoms with Gasteiger partial charge in [-0.2, -0.15) is 0 Å². The number of likely N-dealkylation sites (tertiary alicyclic amines) is 1. The molecule has 11 nitrogen and oxygen atoms in total. The molecule has 1 aromatic heterocycles. The number of piperidine rings is 2. The fourth-order valence-electron chi connectivity index (χ4n) is 5.96. The first-order valence-electron chi connectivity index (χ1n) is 14.2. The van der Waals surface area contributed by atoms with Gasteiger partial charge in [-0.3, -0.25) is 24.0 Å². The Morgan fingerprint density at radius 3 is 2.55 bits per heavy atom. The minimum atomic E-state index is -0.864. The van der Waals surface area contributed by atoms with Crippen molar-refractivity contribution in [3.8, 4) is 0 Å². The average molecular weight is 559 g/mol. The van der Waals surface area contributed by atoms with Gasteiger partial charge in [-0.15, -0.1) is 0 Å². The summed E-state index contributed by atoms with van der Waals surface area (Å²) in [4.78, 5) is 50.2. The topological polar surface area (TPSA) is 132 Å². The zero-order valence-corrected chi connectivity index (χ0v) is 24.0. The van der Waals surface area contributed by atoms with Crippen molar-refractivity contribution >= 4 is 28.9 Å². The Morgan fingerprint density at radius 1 is 1.10 bits per heavy atom. The van der Waals surface area contributed by atoms with Gasteiger partial charge in [0.25, 0.3) is 0 Å². The highest BCUT2D eigenvalue weighted by Gasteiger charge is 2.39. The Kier molecular flexibility index (Phi) is 9.35. The van der Waals surface area contributed by atoms with Gasteiger partial charge in [-0.05, 0) is 55.6 Å². The van der Waals surface area contributed by atoms with Crippen LogP contribution in [-0.4, -0.2) is 75.6 Å². The van der Waals surface area contributed by atoms with Gasteiger partial charge >= 0.3 is 11.8 Å². The van der Waals surface area contributed by atoms with E-state index in [4.69, 9.17) is 9.47 Å². The number of benzene rings is 1. The van der Waals surface area contributed by atoms with Gasteiger partial charge in [0.1, 0.15) is 6.04 Å². The second-order valence-corrected chi connectivity index (χ2v) is 11.9. The number of carboxylic acid groups (broad SMARTS) is 1. The molecule has 0 bridgehead atoms. The largest absolute Gasteiger partial charge is 0.465 e. The van der Waals surface area contributed by atoms with E-state index >= 15 is 0 Å². The van der Waals surface area contributed by atoms with Crippen molar-refractivity contribution in [3.05, 3.63) is 34.2 Å². The number of amides is 3. The highest BCUT2D eigenvalue weighted by atomic mass is 16.5. The normalized spacial score (nSPS) is 22.1. The molecule has 2 N–H and O–H groups in total. The maximum atomic E-state index is 13.1. The third kappa shape index (κ3) is 6.58. The molecule has 0 aliphatic carbocycles. The number of para-hydroxylation sites is 1. The van der Waals surface area contributed by atoms with Crippen LogP contribution in [0.4, 0.5) is 4.79 Å². The van der Waals surface area contributed by atoms with E-state index in [1.807, 2.05) is 18.2 Å². The summed E-state index contributed by atoms with van der Waals surface area (Å²) in [7, 11) is 1.71. The Bertz CT molecular complexity index is 1290. The lowest BCUT2D eigenvalue weighted by molar-refractivity contribution is -0.135. The van der Waals surface area contributed by atoms with Crippen molar-refractivity contribution in [1.29, 1.82) is 0 Å². The summed E-state index contributed by atoms with van der Waals surface area (Å²) in [5.74, 6) is -0.745. The first kappa shape index (κ1) is 29.8. The van der Waals surface area contributed by atoms with E-state index in [9.17, 15) is 24.3 Å². The van der Waals surface area contributed by atoms with E-state index in [1.54, 1.807) is 16.5 Å². The van der Waals surface area contributed by atoms with Gasteiger partial charge in [0.15, 0.2) is 0 Å². The SMILES string of the molecule is Cn1c(=O)n(C2CCC(=O)NC2=O)c2cccc(CCCOCCCOC3CCN(C(=O)O)C(C(C)(C)C)C3)c21. The summed E-state index contributed by atoms with van der Waals surface area (Å²) in [5.41, 5.74) is 2.09. The quantitative estimate of drug-likeness (QED) is 0.338. The number of hydrogen-bond acceptors (Lipinski definition) is 6. The molecule has 40 heavy (non-hydrogen) atoms. The predicted molar refractivity (Wildman–Crippen MR) is 149 cm³/mol. The van der Waals surface area contributed by atoms with Crippen LogP contribution in [0.5, 0.6) is 0 Å². The maximum absolute atomic E-state index is 13.1. The number of ether oxygens (including phenoxy) is 2. The lowest BCUT2D eigenvalue weighted by Crippen LogP contribution is -2.53. The highest BCUT2D eigenvalue weighted by Crippen LogP contribution is 2.33. The van der Waals surface area contributed by atoms with Crippen molar-refractivity contribution in [2.24, 2.45) is 12.5 Å². The molecule has 4 rings (SSSR count). The van der Waals surface area contributed by atoms with Gasteiger partial charge in [-0.1, -0.05) is 32.9 Å². The smallest absolute Gasteiger partial charge is 0.407 e. The first-order chi connectivity index (χ1) is 19.0. The monoisotopic (exact) mass is 558 g/mol. The zero-order valence-electron chi connectivity index (χ0n) is 24.0. The highest BCUT2D eigenvalue weighted by molar-refractivity contribution is 6.00. The number of aromatic nitrogens is 2. The number of imide groups is 1. The summed E-state index contributed by atoms with van der Waals surface area (Å²) < 4.78 is 15.0. The molecule has 2 saturated heterocycles. The Morgan fingerprint density at radius 2 is 1.85 bits per heavy atom. The fraction of sp³-hybridized carbons (Fsp3) is 0.655. The van der Waals surface area contributed by atoms with Crippen LogP contribution in [0.3, 0.4) is 0 Å². The van der Waals surface area contributed by atoms with E-state index in [1.165, 1.54) is 4.57 Å². The Labute approximate surface area is 234 Å². The van der Waals surface area contributed by atoms with Crippen LogP contribution in [0.25, 0.3) is 11.0 Å². The van der Waals surface area contributed by atoms with Crippen molar-refractivity contribution in [2.45, 2.75) is 83.9 Å². The number of hydrogen-bond donors (Lipinski definition) is 2. The molecule has 2 aliphatic rings. The summed E-state index contributed by atoms with van der Waals surface area (Å²) in [6.45, 7) is 8.41. The number of carbonyl (C=O) groups is 3. The van der Waals surface area contributed by atoms with Gasteiger partial charge in [0.2, 0.25) is 11.8 Å². The van der Waals surface area contributed by atoms with Gasteiger partial charge in [0, 0.05) is 45.9 Å². The molecule has 1 aromatic carbocycles. The van der Waals surface area contributed by atoms with E-state index < -0.39 is 18.0 Å². The third-order valence-corrected chi connectivity index (χ3v) is 8.03. The minimum absolute atomic E-state index is 0.0550. The van der Waals surface area contributed by atoms with Crippen molar-refractivity contribution < 1.29 is 29.0 Å². The minimum Gasteiger partial charge on any atom is -0.465 e. The summed E-state index contributed by atoms with van der Waals surface area (Å²) in [6, 6.07) is 4.97. The van der Waals surface area contributed by atoms with E-state index in [2.05, 4.69) is 26.1 Å². The molecule has 3 heterocycles. The van der Waals surface area contributed by atoms with Crippen LogP contribution in [0.15, 0.2) is 23.0 Å². The van der Waals surface area contributed by atoms with Gasteiger partial charge in [-0.25, -0.2) is 9.59 Å². The van der Waals surface area contributed by atoms with E-state index in [-0.39, 0.29) is 35.6 Å². The second kappa shape index (κ2) is 12.6. The standard InChI is InChI=1S/C29H42N4O7/c1-29(2,3)23-18-20(13-14-32(23)28(37)38)40-17-7-16-39-15-6-9-19-8-5-10-21-25(19)31(4)27(36)33(21)22-11-12-24(34)30-26(22)35/h5,8,10,20,22-23H,6-7,9,11-18H2,1-4H3,(H,37,38)(H,30,34,35). The molecule has 2 aromatic rings. The van der Waals surface area contributed by atoms with Crippen LogP contribution in [-0.2, 0) is 32.5 Å². The molecule has 3 amide bonds. The average Bonchev–Trinajstić information content (AvgIpc) is 3.15.